The van der Waals surface area contributed by atoms with Crippen molar-refractivity contribution in [1.29, 1.82) is 0 Å². The molecule has 0 aliphatic rings. The van der Waals surface area contributed by atoms with Crippen molar-refractivity contribution in [3.05, 3.63) is 126 Å². The van der Waals surface area contributed by atoms with E-state index in [4.69, 9.17) is 4.74 Å². The molecule has 45 heavy (non-hydrogen) atoms. The monoisotopic (exact) mass is 631 g/mol. The van der Waals surface area contributed by atoms with Gasteiger partial charge in [-0.2, -0.15) is 0 Å². The fraction of sp³-hybridized carbons (Fsp3) is 0.257. The van der Waals surface area contributed by atoms with E-state index in [0.29, 0.717) is 18.9 Å². The van der Waals surface area contributed by atoms with Crippen LogP contribution in [0.4, 0.5) is 10.1 Å². The van der Waals surface area contributed by atoms with E-state index in [1.807, 2.05) is 68.4 Å². The summed E-state index contributed by atoms with van der Waals surface area (Å²) in [6, 6.07) is 26.7. The smallest absolute Gasteiger partial charge is 0.264 e. The Labute approximate surface area is 264 Å². The lowest BCUT2D eigenvalue weighted by Gasteiger charge is -2.34. The number of rotatable bonds is 14. The number of carbonyl (C=O) groups is 2. The first-order chi connectivity index (χ1) is 21.6. The first-order valence-corrected chi connectivity index (χ1v) is 16.2. The van der Waals surface area contributed by atoms with E-state index in [1.54, 1.807) is 6.92 Å². The maximum Gasteiger partial charge on any atom is 0.264 e. The number of likely N-dealkylation sites (N-methyl/N-ethyl adjacent to an activating group) is 1. The average molecular weight is 632 g/mol. The predicted octanol–water partition coefficient (Wildman–Crippen LogP) is 5.50. The molecule has 4 aromatic rings. The second kappa shape index (κ2) is 15.3. The fourth-order valence-electron chi connectivity index (χ4n) is 4.95. The molecule has 0 saturated heterocycles. The molecule has 0 saturated carbocycles. The average Bonchev–Trinajstić information content (AvgIpc) is 3.04. The topological polar surface area (TPSA) is 96.0 Å². The van der Waals surface area contributed by atoms with Gasteiger partial charge in [0.1, 0.15) is 24.2 Å². The van der Waals surface area contributed by atoms with Crippen molar-refractivity contribution in [3.8, 4) is 5.75 Å². The van der Waals surface area contributed by atoms with Gasteiger partial charge in [0, 0.05) is 19.5 Å². The lowest BCUT2D eigenvalue weighted by molar-refractivity contribution is -0.140. The van der Waals surface area contributed by atoms with E-state index in [9.17, 15) is 22.4 Å². The highest BCUT2D eigenvalue weighted by Crippen LogP contribution is 2.27. The van der Waals surface area contributed by atoms with Gasteiger partial charge in [-0.3, -0.25) is 13.9 Å². The molecule has 0 spiro atoms. The minimum atomic E-state index is -4.32. The van der Waals surface area contributed by atoms with E-state index in [2.05, 4.69) is 5.32 Å². The van der Waals surface area contributed by atoms with Gasteiger partial charge >= 0.3 is 0 Å². The molecule has 0 fully saturated rings. The second-order valence-electron chi connectivity index (χ2n) is 10.4. The minimum Gasteiger partial charge on any atom is -0.494 e. The van der Waals surface area contributed by atoms with Crippen LogP contribution < -0.4 is 14.4 Å². The largest absolute Gasteiger partial charge is 0.494 e. The third kappa shape index (κ3) is 8.48. The molecule has 0 heterocycles. The lowest BCUT2D eigenvalue weighted by atomic mass is 10.0. The molecule has 10 heteroatoms. The Bertz CT molecular complexity index is 1680. The van der Waals surface area contributed by atoms with Crippen LogP contribution in [0.15, 0.2) is 108 Å². The SMILES string of the molecule is CCNC(=O)[C@H](Cc1ccccc1)N(Cc1ccccc1C)C(=O)CN(c1ccc(F)cc1)S(=O)(=O)c1ccc(OCC)cc1. The Morgan fingerprint density at radius 2 is 1.51 bits per heavy atom. The van der Waals surface area contributed by atoms with Crippen molar-refractivity contribution in [2.75, 3.05) is 24.0 Å². The fourth-order valence-corrected chi connectivity index (χ4v) is 6.37. The molecule has 1 atom stereocenters. The number of anilines is 1. The Kier molecular flexibility index (Phi) is 11.3. The maximum absolute atomic E-state index is 14.4. The highest BCUT2D eigenvalue weighted by atomic mass is 32.2. The van der Waals surface area contributed by atoms with Gasteiger partial charge in [0.15, 0.2) is 0 Å². The van der Waals surface area contributed by atoms with Gasteiger partial charge in [-0.05, 0) is 86.0 Å². The number of amides is 2. The van der Waals surface area contributed by atoms with Crippen molar-refractivity contribution in [3.63, 3.8) is 0 Å². The normalized spacial score (nSPS) is 11.8. The van der Waals surface area contributed by atoms with Gasteiger partial charge in [0.05, 0.1) is 17.2 Å². The summed E-state index contributed by atoms with van der Waals surface area (Å²) in [6.45, 7) is 5.74. The molecule has 2 amide bonds. The molecule has 0 radical (unpaired) electrons. The zero-order chi connectivity index (χ0) is 32.4. The number of hydrogen-bond donors (Lipinski definition) is 1. The van der Waals surface area contributed by atoms with E-state index < -0.39 is 34.3 Å². The molecule has 0 aromatic heterocycles. The van der Waals surface area contributed by atoms with E-state index in [1.165, 1.54) is 41.3 Å². The standard InChI is InChI=1S/C35H38FN3O5S/c1-4-37-35(41)33(23-27-12-7-6-8-13-27)38(24-28-14-10-9-11-26(28)3)34(40)25-39(30-17-15-29(36)16-18-30)45(42,43)32-21-19-31(20-22-32)44-5-2/h6-22,33H,4-5,23-25H2,1-3H3,(H,37,41)/t33-/m0/s1. The lowest BCUT2D eigenvalue weighted by Crippen LogP contribution is -2.53. The first-order valence-electron chi connectivity index (χ1n) is 14.8. The van der Waals surface area contributed by atoms with Crippen LogP contribution in [-0.4, -0.2) is 50.9 Å². The van der Waals surface area contributed by atoms with E-state index >= 15 is 0 Å². The predicted molar refractivity (Wildman–Crippen MR) is 173 cm³/mol. The highest BCUT2D eigenvalue weighted by Gasteiger charge is 2.34. The molecular weight excluding hydrogens is 593 g/mol. The van der Waals surface area contributed by atoms with Crippen molar-refractivity contribution < 1.29 is 27.1 Å². The van der Waals surface area contributed by atoms with Crippen LogP contribution in [0.5, 0.6) is 5.75 Å². The summed E-state index contributed by atoms with van der Waals surface area (Å²) >= 11 is 0. The van der Waals surface area contributed by atoms with Crippen LogP contribution >= 0.6 is 0 Å². The summed E-state index contributed by atoms with van der Waals surface area (Å²) in [7, 11) is -4.32. The Morgan fingerprint density at radius 3 is 2.13 bits per heavy atom. The Hall–Kier alpha value is -4.70. The van der Waals surface area contributed by atoms with Crippen LogP contribution in [-0.2, 0) is 32.6 Å². The zero-order valence-electron chi connectivity index (χ0n) is 25.6. The highest BCUT2D eigenvalue weighted by molar-refractivity contribution is 7.92. The summed E-state index contributed by atoms with van der Waals surface area (Å²) in [6.07, 6.45) is 0.215. The molecular formula is C35H38FN3O5S. The van der Waals surface area contributed by atoms with Crippen LogP contribution in [0, 0.1) is 12.7 Å². The molecule has 0 aliphatic carbocycles. The van der Waals surface area contributed by atoms with Crippen molar-refractivity contribution in [1.82, 2.24) is 10.2 Å². The number of aryl methyl sites for hydroxylation is 1. The van der Waals surface area contributed by atoms with Crippen LogP contribution in [0.2, 0.25) is 0 Å². The summed E-state index contributed by atoms with van der Waals surface area (Å²) in [5.41, 5.74) is 2.68. The number of benzene rings is 4. The van der Waals surface area contributed by atoms with Crippen molar-refractivity contribution in [2.45, 2.75) is 44.7 Å². The van der Waals surface area contributed by atoms with Gasteiger partial charge in [0.25, 0.3) is 10.0 Å². The van der Waals surface area contributed by atoms with Gasteiger partial charge in [-0.15, -0.1) is 0 Å². The van der Waals surface area contributed by atoms with Crippen LogP contribution in [0.1, 0.15) is 30.5 Å². The molecule has 1 N–H and O–H groups in total. The van der Waals surface area contributed by atoms with Crippen molar-refractivity contribution in [2.24, 2.45) is 0 Å². The number of carbonyl (C=O) groups excluding carboxylic acids is 2. The van der Waals surface area contributed by atoms with Crippen LogP contribution in [0.25, 0.3) is 0 Å². The van der Waals surface area contributed by atoms with Gasteiger partial charge in [-0.25, -0.2) is 12.8 Å². The zero-order valence-corrected chi connectivity index (χ0v) is 26.5. The summed E-state index contributed by atoms with van der Waals surface area (Å²) in [5, 5.41) is 2.85. The number of hydrogen-bond acceptors (Lipinski definition) is 5. The summed E-state index contributed by atoms with van der Waals surface area (Å²) < 4.78 is 48.5. The molecule has 4 rings (SSSR count). The maximum atomic E-state index is 14.4. The quantitative estimate of drug-likeness (QED) is 0.198. The van der Waals surface area contributed by atoms with Gasteiger partial charge < -0.3 is 15.0 Å². The molecule has 0 aliphatic heterocycles. The molecule has 0 bridgehead atoms. The number of nitrogens with one attached hydrogen (secondary N) is 1. The van der Waals surface area contributed by atoms with Gasteiger partial charge in [-0.1, -0.05) is 54.6 Å². The molecule has 8 nitrogen and oxygen atoms in total. The number of nitrogens with zero attached hydrogens (tertiary/aromatic N) is 2. The van der Waals surface area contributed by atoms with Gasteiger partial charge in [0.2, 0.25) is 11.8 Å². The number of halogens is 1. The molecule has 236 valence electrons. The summed E-state index contributed by atoms with van der Waals surface area (Å²) in [4.78, 5) is 29.4. The number of ether oxygens (including phenoxy) is 1. The molecule has 4 aromatic carbocycles. The summed E-state index contributed by atoms with van der Waals surface area (Å²) in [5.74, 6) is -1.00. The van der Waals surface area contributed by atoms with E-state index in [-0.39, 0.29) is 29.5 Å². The first kappa shape index (κ1) is 33.2. The number of sulfonamides is 1. The minimum absolute atomic E-state index is 0.0699. The second-order valence-corrected chi connectivity index (χ2v) is 12.3. The van der Waals surface area contributed by atoms with E-state index in [0.717, 1.165) is 33.1 Å². The van der Waals surface area contributed by atoms with Crippen molar-refractivity contribution >= 4 is 27.5 Å². The Morgan fingerprint density at radius 1 is 0.867 bits per heavy atom. The third-order valence-electron chi connectivity index (χ3n) is 7.34. The molecule has 0 unspecified atom stereocenters. The van der Waals surface area contributed by atoms with Crippen LogP contribution in [0.3, 0.4) is 0 Å². The third-order valence-corrected chi connectivity index (χ3v) is 9.13. The Balaban J connectivity index is 1.79.